The molecule has 1 atom stereocenters. The molecular formula is C17H16O5. The van der Waals surface area contributed by atoms with Crippen LogP contribution in [0.5, 0.6) is 11.5 Å². The maximum Gasteiger partial charge on any atom is 0.352 e. The van der Waals surface area contributed by atoms with Gasteiger partial charge in [-0.1, -0.05) is 18.2 Å². The number of carboxylic acid groups (broad SMARTS) is 1. The van der Waals surface area contributed by atoms with Crippen LogP contribution >= 0.6 is 0 Å². The molecule has 5 heteroatoms. The number of rotatable bonds is 5. The van der Waals surface area contributed by atoms with Crippen LogP contribution in [0.4, 0.5) is 0 Å². The molecule has 0 saturated heterocycles. The molecule has 114 valence electrons. The van der Waals surface area contributed by atoms with Crippen molar-refractivity contribution in [2.24, 2.45) is 0 Å². The quantitative estimate of drug-likeness (QED) is 0.678. The molecule has 0 radical (unpaired) electrons. The van der Waals surface area contributed by atoms with E-state index in [1.54, 1.807) is 13.0 Å². The van der Waals surface area contributed by atoms with E-state index in [1.165, 1.54) is 24.3 Å². The Morgan fingerprint density at radius 2 is 1.68 bits per heavy atom. The molecule has 0 aliphatic heterocycles. The zero-order valence-electron chi connectivity index (χ0n) is 12.3. The maximum absolute atomic E-state index is 12.0. The van der Waals surface area contributed by atoms with Gasteiger partial charge in [0.2, 0.25) is 0 Å². The molecule has 0 saturated carbocycles. The van der Waals surface area contributed by atoms with Crippen molar-refractivity contribution < 1.29 is 24.2 Å². The van der Waals surface area contributed by atoms with Gasteiger partial charge in [0.05, 0.1) is 5.56 Å². The smallest absolute Gasteiger partial charge is 0.352 e. The Kier molecular flexibility index (Phi) is 4.78. The number of carboxylic acids is 1. The van der Waals surface area contributed by atoms with Gasteiger partial charge in [0.15, 0.2) is 6.10 Å². The summed E-state index contributed by atoms with van der Waals surface area (Å²) in [6.07, 6.45) is -0.778. The summed E-state index contributed by atoms with van der Waals surface area (Å²) in [5.74, 6) is -0.691. The zero-order valence-corrected chi connectivity index (χ0v) is 12.3. The summed E-state index contributed by atoms with van der Waals surface area (Å²) < 4.78 is 10.7. The molecule has 0 fully saturated rings. The van der Waals surface area contributed by atoms with Gasteiger partial charge in [-0.2, -0.15) is 0 Å². The predicted molar refractivity (Wildman–Crippen MR) is 80.3 cm³/mol. The van der Waals surface area contributed by atoms with Crippen molar-refractivity contribution in [1.82, 2.24) is 0 Å². The zero-order chi connectivity index (χ0) is 16.1. The van der Waals surface area contributed by atoms with Crippen LogP contribution in [0.3, 0.4) is 0 Å². The molecule has 0 heterocycles. The molecule has 0 bridgehead atoms. The molecule has 0 amide bonds. The lowest BCUT2D eigenvalue weighted by atomic mass is 10.2. The van der Waals surface area contributed by atoms with Crippen LogP contribution in [-0.2, 0) is 4.79 Å². The lowest BCUT2D eigenvalue weighted by molar-refractivity contribution is -0.141. The minimum absolute atomic E-state index is 0.129. The summed E-state index contributed by atoms with van der Waals surface area (Å²) in [5.41, 5.74) is 1.05. The highest BCUT2D eigenvalue weighted by Gasteiger charge is 2.18. The van der Waals surface area contributed by atoms with Crippen LogP contribution in [0.1, 0.15) is 22.8 Å². The summed E-state index contributed by atoms with van der Waals surface area (Å²) >= 11 is 0. The highest BCUT2D eigenvalue weighted by atomic mass is 16.6. The Hall–Kier alpha value is -2.82. The van der Waals surface area contributed by atoms with Crippen LogP contribution in [0, 0.1) is 6.92 Å². The number of hydrogen-bond acceptors (Lipinski definition) is 4. The molecule has 2 aromatic carbocycles. The largest absolute Gasteiger partial charge is 0.479 e. The van der Waals surface area contributed by atoms with Crippen molar-refractivity contribution in [2.45, 2.75) is 20.0 Å². The number of carbonyl (C=O) groups excluding carboxylic acids is 1. The van der Waals surface area contributed by atoms with Crippen molar-refractivity contribution in [1.29, 1.82) is 0 Å². The van der Waals surface area contributed by atoms with Crippen molar-refractivity contribution in [3.8, 4) is 11.5 Å². The van der Waals surface area contributed by atoms with E-state index < -0.39 is 18.0 Å². The van der Waals surface area contributed by atoms with E-state index in [-0.39, 0.29) is 11.3 Å². The Morgan fingerprint density at radius 1 is 1.05 bits per heavy atom. The molecule has 2 aromatic rings. The second-order valence-electron chi connectivity index (χ2n) is 4.78. The van der Waals surface area contributed by atoms with Gasteiger partial charge in [-0.3, -0.25) is 0 Å². The number of aryl methyl sites for hydroxylation is 1. The third-order valence-electron chi connectivity index (χ3n) is 3.05. The predicted octanol–water partition coefficient (Wildman–Crippen LogP) is 3.07. The van der Waals surface area contributed by atoms with Gasteiger partial charge in [0.25, 0.3) is 0 Å². The van der Waals surface area contributed by atoms with Gasteiger partial charge in [0.1, 0.15) is 11.5 Å². The second kappa shape index (κ2) is 6.76. The first-order valence-electron chi connectivity index (χ1n) is 6.74. The van der Waals surface area contributed by atoms with Crippen molar-refractivity contribution in [3.63, 3.8) is 0 Å². The van der Waals surface area contributed by atoms with Crippen molar-refractivity contribution >= 4 is 11.9 Å². The summed E-state index contributed by atoms with van der Waals surface area (Å²) in [6.45, 7) is 3.48. The second-order valence-corrected chi connectivity index (χ2v) is 4.78. The first-order chi connectivity index (χ1) is 10.5. The lowest BCUT2D eigenvalue weighted by Gasteiger charge is -2.15. The van der Waals surface area contributed by atoms with Gasteiger partial charge in [-0.25, -0.2) is 9.59 Å². The molecule has 2 rings (SSSR count). The molecule has 0 aliphatic rings. The fourth-order valence-corrected chi connectivity index (χ4v) is 1.79. The monoisotopic (exact) mass is 300 g/mol. The molecule has 5 nitrogen and oxygen atoms in total. The molecule has 0 spiro atoms. The molecular weight excluding hydrogens is 284 g/mol. The van der Waals surface area contributed by atoms with Gasteiger partial charge in [-0.05, 0) is 49.7 Å². The Balaban J connectivity index is 1.99. The molecule has 0 aliphatic carbocycles. The van der Waals surface area contributed by atoms with E-state index in [1.807, 2.05) is 25.1 Å². The van der Waals surface area contributed by atoms with Gasteiger partial charge < -0.3 is 14.6 Å². The van der Waals surface area contributed by atoms with Crippen LogP contribution in [-0.4, -0.2) is 23.1 Å². The van der Waals surface area contributed by atoms with E-state index in [4.69, 9.17) is 14.6 Å². The number of hydrogen-bond donors (Lipinski definition) is 1. The topological polar surface area (TPSA) is 72.8 Å². The normalized spacial score (nSPS) is 11.5. The number of ether oxygens (including phenoxy) is 2. The first kappa shape index (κ1) is 15.6. The fraction of sp³-hybridized carbons (Fsp3) is 0.176. The average molecular weight is 300 g/mol. The van der Waals surface area contributed by atoms with Gasteiger partial charge in [-0.15, -0.1) is 0 Å². The number of carbonyl (C=O) groups is 2. The highest BCUT2D eigenvalue weighted by Crippen LogP contribution is 2.19. The standard InChI is InChI=1S/C17H16O5/c1-11-5-3-4-6-15(11)21-12(2)17(20)22-14-9-7-13(8-10-14)16(18)19/h3-10,12H,1-2H3,(H,18,19). The Bertz CT molecular complexity index is 676. The summed E-state index contributed by atoms with van der Waals surface area (Å²) in [5, 5.41) is 8.81. The number of benzene rings is 2. The average Bonchev–Trinajstić information content (AvgIpc) is 2.50. The fourth-order valence-electron chi connectivity index (χ4n) is 1.79. The highest BCUT2D eigenvalue weighted by molar-refractivity contribution is 5.87. The number of para-hydroxylation sites is 1. The van der Waals surface area contributed by atoms with Gasteiger partial charge in [0, 0.05) is 0 Å². The van der Waals surface area contributed by atoms with Crippen LogP contribution < -0.4 is 9.47 Å². The van der Waals surface area contributed by atoms with E-state index in [2.05, 4.69) is 0 Å². The van der Waals surface area contributed by atoms with Crippen molar-refractivity contribution in [2.75, 3.05) is 0 Å². The van der Waals surface area contributed by atoms with E-state index in [0.717, 1.165) is 5.56 Å². The van der Waals surface area contributed by atoms with Crippen LogP contribution in [0.2, 0.25) is 0 Å². The minimum atomic E-state index is -1.03. The summed E-state index contributed by atoms with van der Waals surface area (Å²) in [7, 11) is 0. The van der Waals surface area contributed by atoms with Crippen molar-refractivity contribution in [3.05, 3.63) is 59.7 Å². The third-order valence-corrected chi connectivity index (χ3v) is 3.05. The first-order valence-corrected chi connectivity index (χ1v) is 6.74. The van der Waals surface area contributed by atoms with E-state index in [9.17, 15) is 9.59 Å². The summed E-state index contributed by atoms with van der Waals surface area (Å²) in [6, 6.07) is 13.0. The number of esters is 1. The third kappa shape index (κ3) is 3.85. The maximum atomic E-state index is 12.0. The SMILES string of the molecule is Cc1ccccc1OC(C)C(=O)Oc1ccc(C(=O)O)cc1. The molecule has 1 N–H and O–H groups in total. The van der Waals surface area contributed by atoms with Crippen LogP contribution in [0.25, 0.3) is 0 Å². The number of aromatic carboxylic acids is 1. The molecule has 22 heavy (non-hydrogen) atoms. The van der Waals surface area contributed by atoms with E-state index >= 15 is 0 Å². The lowest BCUT2D eigenvalue weighted by Crippen LogP contribution is -2.28. The molecule has 0 aromatic heterocycles. The molecule has 1 unspecified atom stereocenters. The Morgan fingerprint density at radius 3 is 2.27 bits per heavy atom. The van der Waals surface area contributed by atoms with Crippen LogP contribution in [0.15, 0.2) is 48.5 Å². The van der Waals surface area contributed by atoms with Gasteiger partial charge >= 0.3 is 11.9 Å². The van der Waals surface area contributed by atoms with E-state index in [0.29, 0.717) is 5.75 Å². The Labute approximate surface area is 128 Å². The minimum Gasteiger partial charge on any atom is -0.479 e. The summed E-state index contributed by atoms with van der Waals surface area (Å²) in [4.78, 5) is 22.7.